The molecule has 1 fully saturated rings. The van der Waals surface area contributed by atoms with Crippen molar-refractivity contribution in [2.75, 3.05) is 48.3 Å². The molecule has 5 rings (SSSR count). The number of halogens is 2. The first-order valence-corrected chi connectivity index (χ1v) is 17.2. The highest BCUT2D eigenvalue weighted by Gasteiger charge is 2.48. The van der Waals surface area contributed by atoms with Crippen molar-refractivity contribution in [1.29, 1.82) is 0 Å². The molecule has 188 valence electrons. The Morgan fingerprint density at radius 3 is 0.944 bits per heavy atom. The molecule has 1 heterocycles. The van der Waals surface area contributed by atoms with E-state index in [0.29, 0.717) is 0 Å². The molecule has 1 saturated heterocycles. The van der Waals surface area contributed by atoms with Gasteiger partial charge in [0.25, 0.3) is 0 Å². The third-order valence-electron chi connectivity index (χ3n) is 6.93. The smallest absolute Gasteiger partial charge is 0.139 e. The quantitative estimate of drug-likeness (QED) is 0.226. The number of para-hydroxylation sites is 2. The topological polar surface area (TPSA) is 6.48 Å². The molecule has 0 N–H and O–H groups in total. The summed E-state index contributed by atoms with van der Waals surface area (Å²) in [6.07, 6.45) is 4.36. The van der Waals surface area contributed by atoms with Crippen molar-refractivity contribution < 1.29 is 48.0 Å². The Kier molecular flexibility index (Phi) is 10.6. The molecule has 36 heavy (non-hydrogen) atoms. The van der Waals surface area contributed by atoms with Gasteiger partial charge in [-0.15, -0.1) is 0 Å². The summed E-state index contributed by atoms with van der Waals surface area (Å²) in [5.74, 6) is 0. The van der Waals surface area contributed by atoms with E-state index in [0.717, 1.165) is 25.1 Å². The fourth-order valence-corrected chi connectivity index (χ4v) is 12.2. The first kappa shape index (κ1) is 29.4. The van der Waals surface area contributed by atoms with Crippen molar-refractivity contribution in [3.63, 3.8) is 0 Å². The summed E-state index contributed by atoms with van der Waals surface area (Å²) in [6.45, 7) is 5.11. The van der Waals surface area contributed by atoms with Crippen LogP contribution in [0.25, 0.3) is 0 Å². The molecule has 0 unspecified atom stereocenters. The molecule has 0 atom stereocenters. The molecule has 1 aliphatic rings. The minimum atomic E-state index is -1.51. The predicted octanol–water partition coefficient (Wildman–Crippen LogP) is 0.797. The van der Waals surface area contributed by atoms with E-state index >= 15 is 0 Å². The molecule has 1 aliphatic heterocycles. The number of nitrogens with zero attached hydrogens (tertiary/aromatic N) is 2. The maximum Gasteiger partial charge on any atom is 0.139 e. The second-order valence-electron chi connectivity index (χ2n) is 9.78. The Labute approximate surface area is 252 Å². The van der Waals surface area contributed by atoms with Crippen LogP contribution >= 0.6 is 14.5 Å². The number of hydrogen-bond donors (Lipinski definition) is 0. The van der Waals surface area contributed by atoms with Gasteiger partial charge < -0.3 is 57.8 Å². The summed E-state index contributed by atoms with van der Waals surface area (Å²) in [6, 6.07) is 44.7. The first-order chi connectivity index (χ1) is 16.6. The van der Waals surface area contributed by atoms with Crippen LogP contribution in [0, 0.1) is 0 Å². The lowest BCUT2D eigenvalue weighted by atomic mass is 10.3. The van der Waals surface area contributed by atoms with Crippen molar-refractivity contribution in [1.82, 2.24) is 0 Å². The van der Waals surface area contributed by atoms with Crippen molar-refractivity contribution in [2.24, 2.45) is 0 Å². The molecule has 0 spiro atoms. The van der Waals surface area contributed by atoms with Gasteiger partial charge in [-0.25, -0.2) is 0 Å². The van der Waals surface area contributed by atoms with E-state index in [1.54, 1.807) is 0 Å². The fourth-order valence-electron chi connectivity index (χ4n) is 5.19. The van der Waals surface area contributed by atoms with Crippen LogP contribution in [-0.2, 0) is 0 Å². The number of hydrogen-bond acceptors (Lipinski definition) is 2. The monoisotopic (exact) mass is 738 g/mol. The van der Waals surface area contributed by atoms with Crippen LogP contribution < -0.4 is 68.4 Å². The van der Waals surface area contributed by atoms with Gasteiger partial charge in [0.2, 0.25) is 0 Å². The summed E-state index contributed by atoms with van der Waals surface area (Å²) < 4.78 is 0. The standard InChI is InChI=1S/C30H34N2P2.2HI/c1-33(29-19-11-5-12-20-29)23-31(27-15-7-3-8-16-27)25-34(2,30-21-13-6-14-22-30)26-32(24-33)28-17-9-4-10-18-28;;/h3-22H,23-26H2,1-2H3;2*1H/q+2;;/p-2. The average molecular weight is 738 g/mol. The van der Waals surface area contributed by atoms with E-state index in [4.69, 9.17) is 0 Å². The lowest BCUT2D eigenvalue weighted by Crippen LogP contribution is -3.00. The largest absolute Gasteiger partial charge is 1.00 e. The van der Waals surface area contributed by atoms with Crippen LogP contribution in [0.2, 0.25) is 0 Å². The fraction of sp³-hybridized carbons (Fsp3) is 0.200. The Balaban J connectivity index is 0.00000180. The molecular weight excluding hydrogens is 704 g/mol. The molecule has 0 bridgehead atoms. The average Bonchev–Trinajstić information content (AvgIpc) is 2.89. The highest BCUT2D eigenvalue weighted by atomic mass is 127. The molecule has 4 aromatic carbocycles. The van der Waals surface area contributed by atoms with Gasteiger partial charge in [0.05, 0.1) is 38.5 Å². The maximum atomic E-state index is 2.71. The van der Waals surface area contributed by atoms with E-state index in [2.05, 4.69) is 144 Å². The summed E-state index contributed by atoms with van der Waals surface area (Å²) in [5, 5.41) is 3.03. The Morgan fingerprint density at radius 1 is 0.417 bits per heavy atom. The zero-order chi connectivity index (χ0) is 23.4. The van der Waals surface area contributed by atoms with Gasteiger partial charge in [0.1, 0.15) is 25.1 Å². The van der Waals surface area contributed by atoms with Gasteiger partial charge in [-0.2, -0.15) is 0 Å². The van der Waals surface area contributed by atoms with E-state index in [9.17, 15) is 0 Å². The lowest BCUT2D eigenvalue weighted by molar-refractivity contribution is -0.001000. The Hall–Kier alpha value is -1.20. The minimum absolute atomic E-state index is 0. The van der Waals surface area contributed by atoms with Gasteiger partial charge in [-0.05, 0) is 48.5 Å². The third kappa shape index (κ3) is 6.62. The normalized spacial score (nSPS) is 21.9. The van der Waals surface area contributed by atoms with E-state index in [-0.39, 0.29) is 48.0 Å². The molecule has 2 nitrogen and oxygen atoms in total. The molecule has 0 aliphatic carbocycles. The van der Waals surface area contributed by atoms with Crippen LogP contribution in [0.5, 0.6) is 0 Å². The lowest BCUT2D eigenvalue weighted by Gasteiger charge is -2.42. The van der Waals surface area contributed by atoms with Crippen LogP contribution in [0.3, 0.4) is 0 Å². The van der Waals surface area contributed by atoms with E-state index in [1.165, 1.54) is 22.0 Å². The van der Waals surface area contributed by atoms with Gasteiger partial charge in [-0.3, -0.25) is 0 Å². The number of rotatable bonds is 4. The zero-order valence-electron chi connectivity index (χ0n) is 20.9. The second-order valence-corrected chi connectivity index (χ2v) is 17.5. The van der Waals surface area contributed by atoms with Gasteiger partial charge in [0.15, 0.2) is 0 Å². The molecule has 6 heteroatoms. The van der Waals surface area contributed by atoms with Crippen molar-refractivity contribution in [2.45, 2.75) is 0 Å². The maximum absolute atomic E-state index is 2.71. The minimum Gasteiger partial charge on any atom is -1.00 e. The summed E-state index contributed by atoms with van der Waals surface area (Å²) in [5.41, 5.74) is 2.69. The van der Waals surface area contributed by atoms with Crippen LogP contribution in [0.15, 0.2) is 121 Å². The molecule has 0 saturated carbocycles. The van der Waals surface area contributed by atoms with Gasteiger partial charge in [0, 0.05) is 11.4 Å². The van der Waals surface area contributed by atoms with Gasteiger partial charge in [-0.1, -0.05) is 72.8 Å². The van der Waals surface area contributed by atoms with E-state index < -0.39 is 14.5 Å². The van der Waals surface area contributed by atoms with Crippen molar-refractivity contribution in [3.05, 3.63) is 121 Å². The van der Waals surface area contributed by atoms with Gasteiger partial charge >= 0.3 is 0 Å². The molecular formula is C30H34I2N2P2. The summed E-state index contributed by atoms with van der Waals surface area (Å²) in [7, 11) is -3.02. The SMILES string of the molecule is C[P+]1(c2ccccc2)CN(c2ccccc2)C[P+](C)(c2ccccc2)CN(c2ccccc2)C1.[I-].[I-]. The Bertz CT molecular complexity index is 1090. The first-order valence-electron chi connectivity index (χ1n) is 12.0. The van der Waals surface area contributed by atoms with Crippen LogP contribution in [0.1, 0.15) is 0 Å². The van der Waals surface area contributed by atoms with Crippen LogP contribution in [-0.4, -0.2) is 38.5 Å². The Morgan fingerprint density at radius 2 is 0.667 bits per heavy atom. The van der Waals surface area contributed by atoms with Crippen molar-refractivity contribution in [3.8, 4) is 0 Å². The van der Waals surface area contributed by atoms with Crippen molar-refractivity contribution >= 4 is 36.5 Å². The second kappa shape index (κ2) is 13.0. The highest BCUT2D eigenvalue weighted by molar-refractivity contribution is 7.84. The van der Waals surface area contributed by atoms with E-state index in [1.807, 2.05) is 0 Å². The summed E-state index contributed by atoms with van der Waals surface area (Å²) in [4.78, 5) is 5.42. The molecule has 0 amide bonds. The predicted molar refractivity (Wildman–Crippen MR) is 155 cm³/mol. The summed E-state index contributed by atoms with van der Waals surface area (Å²) >= 11 is 0. The molecule has 4 aromatic rings. The molecule has 0 aromatic heterocycles. The highest BCUT2D eigenvalue weighted by Crippen LogP contribution is 2.63. The number of anilines is 2. The van der Waals surface area contributed by atoms with Crippen LogP contribution in [0.4, 0.5) is 11.4 Å². The zero-order valence-corrected chi connectivity index (χ0v) is 27.0. The molecule has 0 radical (unpaired) electrons. The number of benzene rings is 4. The third-order valence-corrected chi connectivity index (χ3v) is 13.9.